The molecule has 1 aliphatic rings. The molecule has 1 saturated heterocycles. The number of methoxy groups -OCH3 is 2. The number of fused-ring (bicyclic) bond motifs is 1. The number of benzene rings is 2. The summed E-state index contributed by atoms with van der Waals surface area (Å²) in [7, 11) is -0.548. The van der Waals surface area contributed by atoms with Crippen LogP contribution in [-0.2, 0) is 9.84 Å². The standard InChI is InChI=1S/C24H28N2O4S/c1-16-7-9-18(10-8-16)31(27,28)23-14-25-20-13-22(30-4)21(29-3)12-19(20)24(23)26-11-5-6-17(2)15-26/h7-10,12-14,17H,5-6,11,15H2,1-4H3/p+1/t17-/m1/s1. The summed E-state index contributed by atoms with van der Waals surface area (Å²) in [6.45, 7) is 5.78. The van der Waals surface area contributed by atoms with Crippen LogP contribution in [0, 0.1) is 12.8 Å². The van der Waals surface area contributed by atoms with Gasteiger partial charge in [0.2, 0.25) is 15.4 Å². The number of H-pyrrole nitrogens is 1. The molecule has 1 aromatic heterocycles. The van der Waals surface area contributed by atoms with Crippen molar-refractivity contribution in [3.05, 3.63) is 48.2 Å². The van der Waals surface area contributed by atoms with Crippen molar-refractivity contribution in [3.63, 3.8) is 0 Å². The number of sulfone groups is 1. The third-order valence-corrected chi connectivity index (χ3v) is 7.75. The topological polar surface area (TPSA) is 70.0 Å². The third-order valence-electron chi connectivity index (χ3n) is 5.97. The average Bonchev–Trinajstić information content (AvgIpc) is 2.77. The Kier molecular flexibility index (Phi) is 5.79. The fourth-order valence-corrected chi connectivity index (χ4v) is 5.76. The highest BCUT2D eigenvalue weighted by molar-refractivity contribution is 7.91. The number of hydrogen-bond donors (Lipinski definition) is 0. The summed E-state index contributed by atoms with van der Waals surface area (Å²) < 4.78 is 38.4. The molecule has 31 heavy (non-hydrogen) atoms. The highest BCUT2D eigenvalue weighted by Crippen LogP contribution is 2.40. The Morgan fingerprint density at radius 1 is 1.06 bits per heavy atom. The maximum atomic E-state index is 13.7. The molecule has 0 radical (unpaired) electrons. The Labute approximate surface area is 183 Å². The first-order valence-corrected chi connectivity index (χ1v) is 12.0. The van der Waals surface area contributed by atoms with Gasteiger partial charge in [-0.05, 0) is 37.8 Å². The van der Waals surface area contributed by atoms with Crippen molar-refractivity contribution in [3.8, 4) is 11.5 Å². The van der Waals surface area contributed by atoms with Gasteiger partial charge in [0.25, 0.3) is 0 Å². The van der Waals surface area contributed by atoms with E-state index in [9.17, 15) is 8.42 Å². The monoisotopic (exact) mass is 441 g/mol. The van der Waals surface area contributed by atoms with E-state index in [1.54, 1.807) is 32.5 Å². The zero-order chi connectivity index (χ0) is 22.2. The van der Waals surface area contributed by atoms with Gasteiger partial charge in [-0.25, -0.2) is 13.4 Å². The minimum Gasteiger partial charge on any atom is -0.493 e. The maximum absolute atomic E-state index is 13.7. The molecule has 0 saturated carbocycles. The van der Waals surface area contributed by atoms with Gasteiger partial charge in [-0.3, -0.25) is 0 Å². The van der Waals surface area contributed by atoms with Crippen LogP contribution in [-0.4, -0.2) is 35.7 Å². The Hall–Kier alpha value is -2.80. The molecule has 2 heterocycles. The molecule has 7 heteroatoms. The van der Waals surface area contributed by atoms with Crippen LogP contribution in [0.5, 0.6) is 11.5 Å². The first-order chi connectivity index (χ1) is 14.8. The lowest BCUT2D eigenvalue weighted by Crippen LogP contribution is -2.36. The third kappa shape index (κ3) is 3.94. The second-order valence-corrected chi connectivity index (χ2v) is 10.2. The number of ether oxygens (including phenoxy) is 2. The SMILES string of the molecule is COc1cc2[nH+]cc(S(=O)(=O)c3ccc(C)cc3)c(N3CCC[C@@H](C)C3)c2cc1OC. The molecule has 0 aliphatic carbocycles. The minimum atomic E-state index is -3.72. The molecular weight excluding hydrogens is 412 g/mol. The van der Waals surface area contributed by atoms with Gasteiger partial charge in [-0.1, -0.05) is 24.6 Å². The smallest absolute Gasteiger partial charge is 0.217 e. The number of aromatic nitrogens is 1. The van der Waals surface area contributed by atoms with E-state index in [1.807, 2.05) is 31.2 Å². The first kappa shape index (κ1) is 21.4. The van der Waals surface area contributed by atoms with Crippen LogP contribution in [0.1, 0.15) is 25.3 Å². The summed E-state index contributed by atoms with van der Waals surface area (Å²) in [6.07, 6.45) is 3.78. The molecule has 0 bridgehead atoms. The van der Waals surface area contributed by atoms with Gasteiger partial charge in [-0.2, -0.15) is 0 Å². The fourth-order valence-electron chi connectivity index (χ4n) is 4.31. The fraction of sp³-hybridized carbons (Fsp3) is 0.375. The lowest BCUT2D eigenvalue weighted by atomic mass is 9.99. The number of anilines is 1. The summed E-state index contributed by atoms with van der Waals surface area (Å²) >= 11 is 0. The van der Waals surface area contributed by atoms with E-state index >= 15 is 0 Å². The van der Waals surface area contributed by atoms with Crippen LogP contribution in [0.4, 0.5) is 5.69 Å². The van der Waals surface area contributed by atoms with E-state index in [2.05, 4.69) is 16.8 Å². The Morgan fingerprint density at radius 3 is 2.39 bits per heavy atom. The Morgan fingerprint density at radius 2 is 1.74 bits per heavy atom. The average molecular weight is 442 g/mol. The van der Waals surface area contributed by atoms with Crippen molar-refractivity contribution in [2.45, 2.75) is 36.5 Å². The zero-order valence-corrected chi connectivity index (χ0v) is 19.3. The van der Waals surface area contributed by atoms with E-state index < -0.39 is 9.84 Å². The van der Waals surface area contributed by atoms with E-state index in [0.29, 0.717) is 17.4 Å². The molecule has 1 fully saturated rings. The van der Waals surface area contributed by atoms with Crippen molar-refractivity contribution < 1.29 is 22.9 Å². The number of piperidine rings is 1. The molecule has 4 rings (SSSR count). The van der Waals surface area contributed by atoms with E-state index in [0.717, 1.165) is 48.1 Å². The highest BCUT2D eigenvalue weighted by atomic mass is 32.2. The number of aromatic amines is 1. The molecule has 6 nitrogen and oxygen atoms in total. The molecule has 0 amide bonds. The number of pyridine rings is 1. The highest BCUT2D eigenvalue weighted by Gasteiger charge is 2.31. The van der Waals surface area contributed by atoms with Crippen LogP contribution in [0.15, 0.2) is 52.4 Å². The lowest BCUT2D eigenvalue weighted by Gasteiger charge is -2.34. The molecule has 0 spiro atoms. The number of hydrogen-bond acceptors (Lipinski definition) is 5. The van der Waals surface area contributed by atoms with Crippen LogP contribution >= 0.6 is 0 Å². The van der Waals surface area contributed by atoms with Crippen LogP contribution in [0.25, 0.3) is 10.9 Å². The minimum absolute atomic E-state index is 0.283. The Bertz CT molecular complexity index is 1210. The van der Waals surface area contributed by atoms with Gasteiger partial charge in [0.15, 0.2) is 22.6 Å². The number of nitrogens with one attached hydrogen (secondary N) is 1. The van der Waals surface area contributed by atoms with Gasteiger partial charge in [0.05, 0.1) is 36.3 Å². The van der Waals surface area contributed by atoms with Gasteiger partial charge < -0.3 is 14.4 Å². The van der Waals surface area contributed by atoms with Crippen LogP contribution in [0.3, 0.4) is 0 Å². The first-order valence-electron chi connectivity index (χ1n) is 10.5. The Balaban J connectivity index is 2.00. The predicted molar refractivity (Wildman–Crippen MR) is 121 cm³/mol. The molecule has 3 aromatic rings. The van der Waals surface area contributed by atoms with Crippen molar-refractivity contribution in [1.82, 2.24) is 0 Å². The summed E-state index contributed by atoms with van der Waals surface area (Å²) in [6, 6.07) is 10.7. The second-order valence-electron chi connectivity index (χ2n) is 8.26. The molecular formula is C24H29N2O4S+. The van der Waals surface area contributed by atoms with Crippen molar-refractivity contribution in [2.75, 3.05) is 32.2 Å². The van der Waals surface area contributed by atoms with Gasteiger partial charge >= 0.3 is 0 Å². The zero-order valence-electron chi connectivity index (χ0n) is 18.4. The van der Waals surface area contributed by atoms with E-state index in [-0.39, 0.29) is 9.79 Å². The van der Waals surface area contributed by atoms with Gasteiger partial charge in [0.1, 0.15) is 0 Å². The molecule has 1 atom stereocenters. The number of aryl methyl sites for hydroxylation is 1. The maximum Gasteiger partial charge on any atom is 0.217 e. The predicted octanol–water partition coefficient (Wildman–Crippen LogP) is 4.05. The molecule has 0 unspecified atom stereocenters. The normalized spacial score (nSPS) is 17.0. The number of nitrogens with zero attached hydrogens (tertiary/aromatic N) is 1. The van der Waals surface area contributed by atoms with Crippen molar-refractivity contribution >= 4 is 26.4 Å². The summed E-state index contributed by atoms with van der Waals surface area (Å²) in [5.41, 5.74) is 2.54. The largest absolute Gasteiger partial charge is 0.493 e. The van der Waals surface area contributed by atoms with Gasteiger partial charge in [0, 0.05) is 19.2 Å². The van der Waals surface area contributed by atoms with Crippen LogP contribution < -0.4 is 19.4 Å². The summed E-state index contributed by atoms with van der Waals surface area (Å²) in [5, 5.41) is 0.805. The summed E-state index contributed by atoms with van der Waals surface area (Å²) in [4.78, 5) is 5.96. The number of rotatable bonds is 5. The molecule has 2 aromatic carbocycles. The van der Waals surface area contributed by atoms with Crippen LogP contribution in [0.2, 0.25) is 0 Å². The molecule has 1 N–H and O–H groups in total. The van der Waals surface area contributed by atoms with Crippen molar-refractivity contribution in [2.24, 2.45) is 5.92 Å². The van der Waals surface area contributed by atoms with E-state index in [1.165, 1.54) is 0 Å². The lowest BCUT2D eigenvalue weighted by molar-refractivity contribution is -0.347. The molecule has 1 aliphatic heterocycles. The second kappa shape index (κ2) is 8.38. The molecule has 164 valence electrons. The quantitative estimate of drug-likeness (QED) is 0.597. The van der Waals surface area contributed by atoms with Crippen molar-refractivity contribution in [1.29, 1.82) is 0 Å². The van der Waals surface area contributed by atoms with E-state index in [4.69, 9.17) is 9.47 Å². The summed E-state index contributed by atoms with van der Waals surface area (Å²) in [5.74, 6) is 1.65. The van der Waals surface area contributed by atoms with Gasteiger partial charge in [-0.15, -0.1) is 0 Å².